The third kappa shape index (κ3) is 2.23. The van der Waals surface area contributed by atoms with Gasteiger partial charge in [0.05, 0.1) is 10.6 Å². The van der Waals surface area contributed by atoms with Crippen LogP contribution >= 0.6 is 0 Å². The molecular weight excluding hydrogens is 307 g/mol. The van der Waals surface area contributed by atoms with Gasteiger partial charge in [0, 0.05) is 6.42 Å². The topological polar surface area (TPSA) is 80.5 Å². The Labute approximate surface area is 127 Å². The van der Waals surface area contributed by atoms with Crippen LogP contribution in [0.25, 0.3) is 0 Å². The van der Waals surface area contributed by atoms with Crippen molar-refractivity contribution in [3.63, 3.8) is 0 Å². The fraction of sp³-hybridized carbons (Fsp3) is 0.133. The molecule has 1 amide bonds. The molecule has 1 heterocycles. The summed E-state index contributed by atoms with van der Waals surface area (Å²) < 4.78 is 40.0. The Balaban J connectivity index is 2.17. The minimum absolute atomic E-state index is 0.208. The number of hydrogen-bond acceptors (Lipinski definition) is 3. The number of primary amides is 1. The molecule has 5 nitrogen and oxygen atoms in total. The SMILES string of the molecule is NC(=O)[C@@H]1Cc2ccccc2N1S(=O)(=O)c1cccc(F)c1. The molecule has 2 aromatic carbocycles. The van der Waals surface area contributed by atoms with Gasteiger partial charge in [-0.1, -0.05) is 24.3 Å². The maximum Gasteiger partial charge on any atom is 0.265 e. The monoisotopic (exact) mass is 320 g/mol. The number of amides is 1. The van der Waals surface area contributed by atoms with Gasteiger partial charge < -0.3 is 5.73 Å². The lowest BCUT2D eigenvalue weighted by molar-refractivity contribution is -0.118. The highest BCUT2D eigenvalue weighted by Gasteiger charge is 2.41. The second-order valence-corrected chi connectivity index (χ2v) is 6.82. The summed E-state index contributed by atoms with van der Waals surface area (Å²) in [6.45, 7) is 0. The van der Waals surface area contributed by atoms with Crippen molar-refractivity contribution in [2.24, 2.45) is 5.73 Å². The number of anilines is 1. The summed E-state index contributed by atoms with van der Waals surface area (Å²) in [6.07, 6.45) is 0.208. The number of benzene rings is 2. The number of halogens is 1. The fourth-order valence-electron chi connectivity index (χ4n) is 2.61. The number of para-hydroxylation sites is 1. The first-order valence-corrected chi connectivity index (χ1v) is 8.02. The van der Waals surface area contributed by atoms with Gasteiger partial charge >= 0.3 is 0 Å². The van der Waals surface area contributed by atoms with Crippen molar-refractivity contribution in [3.8, 4) is 0 Å². The van der Waals surface area contributed by atoms with Gasteiger partial charge in [-0.05, 0) is 29.8 Å². The lowest BCUT2D eigenvalue weighted by Gasteiger charge is -2.24. The van der Waals surface area contributed by atoms with E-state index < -0.39 is 27.8 Å². The highest BCUT2D eigenvalue weighted by molar-refractivity contribution is 7.93. The molecule has 7 heteroatoms. The number of carbonyl (C=O) groups excluding carboxylic acids is 1. The quantitative estimate of drug-likeness (QED) is 0.929. The molecule has 1 atom stereocenters. The molecule has 0 unspecified atom stereocenters. The normalized spacial score (nSPS) is 17.3. The highest BCUT2D eigenvalue weighted by Crippen LogP contribution is 2.36. The van der Waals surface area contributed by atoms with E-state index >= 15 is 0 Å². The Bertz CT molecular complexity index is 851. The molecule has 3 rings (SSSR count). The van der Waals surface area contributed by atoms with Crippen LogP contribution in [0.4, 0.5) is 10.1 Å². The standard InChI is InChI=1S/C15H13FN2O3S/c16-11-5-3-6-12(9-11)22(20,21)18-13-7-2-1-4-10(13)8-14(18)15(17)19/h1-7,9,14H,8H2,(H2,17,19)/t14-/m0/s1. The van der Waals surface area contributed by atoms with Crippen molar-refractivity contribution < 1.29 is 17.6 Å². The van der Waals surface area contributed by atoms with Crippen LogP contribution < -0.4 is 10.0 Å². The largest absolute Gasteiger partial charge is 0.368 e. The molecule has 0 bridgehead atoms. The molecule has 1 aliphatic rings. The summed E-state index contributed by atoms with van der Waals surface area (Å²) in [6, 6.07) is 10.5. The maximum atomic E-state index is 13.4. The van der Waals surface area contributed by atoms with Crippen molar-refractivity contribution in [2.45, 2.75) is 17.4 Å². The maximum absolute atomic E-state index is 13.4. The molecule has 2 N–H and O–H groups in total. The summed E-state index contributed by atoms with van der Waals surface area (Å²) >= 11 is 0. The molecule has 0 aliphatic carbocycles. The number of nitrogens with two attached hydrogens (primary N) is 1. The van der Waals surface area contributed by atoms with Crippen molar-refractivity contribution in [1.82, 2.24) is 0 Å². The summed E-state index contributed by atoms with van der Waals surface area (Å²) in [7, 11) is -4.08. The first kappa shape index (κ1) is 14.5. The van der Waals surface area contributed by atoms with Gasteiger partial charge in [0.2, 0.25) is 5.91 Å². The number of nitrogens with zero attached hydrogens (tertiary/aromatic N) is 1. The molecule has 1 aliphatic heterocycles. The van der Waals surface area contributed by atoms with Crippen molar-refractivity contribution in [2.75, 3.05) is 4.31 Å². The average molecular weight is 320 g/mol. The third-order valence-electron chi connectivity index (χ3n) is 3.61. The van der Waals surface area contributed by atoms with Crippen molar-refractivity contribution in [3.05, 3.63) is 59.9 Å². The Morgan fingerprint density at radius 3 is 2.59 bits per heavy atom. The number of sulfonamides is 1. The molecule has 0 saturated heterocycles. The highest BCUT2D eigenvalue weighted by atomic mass is 32.2. The molecule has 22 heavy (non-hydrogen) atoms. The van der Waals surface area contributed by atoms with E-state index in [2.05, 4.69) is 0 Å². The van der Waals surface area contributed by atoms with Crippen LogP contribution in [0, 0.1) is 5.82 Å². The Morgan fingerprint density at radius 1 is 1.18 bits per heavy atom. The van der Waals surface area contributed by atoms with Gasteiger partial charge in [-0.2, -0.15) is 0 Å². The average Bonchev–Trinajstić information content (AvgIpc) is 2.87. The van der Waals surface area contributed by atoms with Gasteiger partial charge in [-0.3, -0.25) is 9.10 Å². The molecule has 114 valence electrons. The lowest BCUT2D eigenvalue weighted by atomic mass is 10.1. The van der Waals surface area contributed by atoms with Gasteiger partial charge in [0.15, 0.2) is 0 Å². The summed E-state index contributed by atoms with van der Waals surface area (Å²) in [5, 5.41) is 0. The summed E-state index contributed by atoms with van der Waals surface area (Å²) in [5.74, 6) is -1.40. The lowest BCUT2D eigenvalue weighted by Crippen LogP contribution is -2.45. The smallest absolute Gasteiger partial charge is 0.265 e. The second-order valence-electron chi connectivity index (χ2n) is 5.01. The predicted molar refractivity (Wildman–Crippen MR) is 79.2 cm³/mol. The van der Waals surface area contributed by atoms with E-state index in [9.17, 15) is 17.6 Å². The van der Waals surface area contributed by atoms with Gasteiger partial charge in [-0.25, -0.2) is 12.8 Å². The van der Waals surface area contributed by atoms with Crippen LogP contribution in [-0.4, -0.2) is 20.4 Å². The zero-order chi connectivity index (χ0) is 15.9. The number of rotatable bonds is 3. The number of fused-ring (bicyclic) bond motifs is 1. The first-order chi connectivity index (χ1) is 10.4. The molecule has 0 saturated carbocycles. The molecule has 0 aromatic heterocycles. The van der Waals surface area contributed by atoms with Crippen LogP contribution in [0.1, 0.15) is 5.56 Å². The van der Waals surface area contributed by atoms with E-state index in [1.807, 2.05) is 0 Å². The Kier molecular flexibility index (Phi) is 3.37. The minimum Gasteiger partial charge on any atom is -0.368 e. The third-order valence-corrected chi connectivity index (χ3v) is 5.43. The molecule has 0 fully saturated rings. The molecule has 0 spiro atoms. The van der Waals surface area contributed by atoms with Crippen molar-refractivity contribution in [1.29, 1.82) is 0 Å². The zero-order valence-electron chi connectivity index (χ0n) is 11.4. The van der Waals surface area contributed by atoms with Gasteiger partial charge in [0.1, 0.15) is 11.9 Å². The Hall–Kier alpha value is -2.41. The van der Waals surface area contributed by atoms with Crippen LogP contribution in [0.2, 0.25) is 0 Å². The fourth-order valence-corrected chi connectivity index (χ4v) is 4.30. The zero-order valence-corrected chi connectivity index (χ0v) is 12.3. The van der Waals surface area contributed by atoms with Crippen molar-refractivity contribution >= 4 is 21.6 Å². The van der Waals surface area contributed by atoms with E-state index in [1.54, 1.807) is 24.3 Å². The van der Waals surface area contributed by atoms with Crippen LogP contribution in [0.3, 0.4) is 0 Å². The minimum atomic E-state index is -4.08. The summed E-state index contributed by atoms with van der Waals surface area (Å²) in [4.78, 5) is 11.5. The van der Waals surface area contributed by atoms with Crippen LogP contribution in [0.15, 0.2) is 53.4 Å². The number of hydrogen-bond donors (Lipinski definition) is 1. The van der Waals surface area contributed by atoms with Crippen LogP contribution in [0.5, 0.6) is 0 Å². The Morgan fingerprint density at radius 2 is 1.91 bits per heavy atom. The van der Waals surface area contributed by atoms with E-state index in [4.69, 9.17) is 5.73 Å². The van der Waals surface area contributed by atoms with E-state index in [0.717, 1.165) is 16.4 Å². The molecular formula is C15H13FN2O3S. The molecule has 2 aromatic rings. The van der Waals surface area contributed by atoms with Gasteiger partial charge in [-0.15, -0.1) is 0 Å². The van der Waals surface area contributed by atoms with Crippen LogP contribution in [-0.2, 0) is 21.2 Å². The van der Waals surface area contributed by atoms with E-state index in [0.29, 0.717) is 11.3 Å². The predicted octanol–water partition coefficient (Wildman–Crippen LogP) is 1.43. The first-order valence-electron chi connectivity index (χ1n) is 6.58. The number of carbonyl (C=O) groups is 1. The van der Waals surface area contributed by atoms with E-state index in [-0.39, 0.29) is 11.3 Å². The second kappa shape index (κ2) is 5.10. The molecule has 0 radical (unpaired) electrons. The van der Waals surface area contributed by atoms with Gasteiger partial charge in [0.25, 0.3) is 10.0 Å². The summed E-state index contributed by atoms with van der Waals surface area (Å²) in [5.41, 5.74) is 6.47. The van der Waals surface area contributed by atoms with E-state index in [1.165, 1.54) is 12.1 Å².